The lowest BCUT2D eigenvalue weighted by molar-refractivity contribution is 0.0984. The van der Waals surface area contributed by atoms with Crippen LogP contribution in [-0.2, 0) is 0 Å². The number of nitrogens with zero attached hydrogens (tertiary/aromatic N) is 1. The van der Waals surface area contributed by atoms with Crippen LogP contribution in [-0.4, -0.2) is 12.5 Å². The van der Waals surface area contributed by atoms with Crippen molar-refractivity contribution in [3.8, 4) is 0 Å². The number of aryl methyl sites for hydroxylation is 1. The zero-order valence-electron chi connectivity index (χ0n) is 11.4. The average Bonchev–Trinajstić information content (AvgIpc) is 2.44. The number of carbonyl (C=O) groups is 1. The Balaban J connectivity index is 2.45. The van der Waals surface area contributed by atoms with Gasteiger partial charge in [0.15, 0.2) is 0 Å². The van der Waals surface area contributed by atoms with Crippen molar-refractivity contribution in [2.24, 2.45) is 0 Å². The molecule has 2 aromatic rings. The Kier molecular flexibility index (Phi) is 4.55. The van der Waals surface area contributed by atoms with E-state index in [2.05, 4.69) is 15.9 Å². The second kappa shape index (κ2) is 6.18. The molecule has 0 bridgehead atoms. The number of anilines is 1. The predicted octanol–water partition coefficient (Wildman–Crippen LogP) is 4.56. The molecular weight excluding hydrogens is 321 g/mol. The Hall–Kier alpha value is -1.68. The molecule has 0 radical (unpaired) electrons. The molecule has 0 saturated carbocycles. The maximum Gasteiger partial charge on any atom is 0.261 e. The number of benzene rings is 2. The van der Waals surface area contributed by atoms with Gasteiger partial charge in [-0.15, -0.1) is 0 Å². The van der Waals surface area contributed by atoms with E-state index in [-0.39, 0.29) is 11.5 Å². The quantitative estimate of drug-likeness (QED) is 0.804. The smallest absolute Gasteiger partial charge is 0.261 e. The van der Waals surface area contributed by atoms with E-state index < -0.39 is 5.82 Å². The van der Waals surface area contributed by atoms with Gasteiger partial charge in [-0.1, -0.05) is 34.1 Å². The molecule has 0 fully saturated rings. The van der Waals surface area contributed by atoms with Crippen LogP contribution in [0.3, 0.4) is 0 Å². The summed E-state index contributed by atoms with van der Waals surface area (Å²) in [7, 11) is 0. The average molecular weight is 336 g/mol. The summed E-state index contributed by atoms with van der Waals surface area (Å²) in [4.78, 5) is 14.2. The Bertz CT molecular complexity index is 642. The summed E-state index contributed by atoms with van der Waals surface area (Å²) in [6.07, 6.45) is 0. The first-order chi connectivity index (χ1) is 9.54. The first kappa shape index (κ1) is 14.7. The van der Waals surface area contributed by atoms with Gasteiger partial charge in [0.25, 0.3) is 5.91 Å². The summed E-state index contributed by atoms with van der Waals surface area (Å²) >= 11 is 3.27. The number of hydrogen-bond acceptors (Lipinski definition) is 1. The van der Waals surface area contributed by atoms with Crippen LogP contribution in [0.5, 0.6) is 0 Å². The highest BCUT2D eigenvalue weighted by Gasteiger charge is 2.20. The molecule has 0 heterocycles. The zero-order valence-corrected chi connectivity index (χ0v) is 12.9. The monoisotopic (exact) mass is 335 g/mol. The first-order valence-corrected chi connectivity index (χ1v) is 7.16. The normalized spacial score (nSPS) is 10.4. The molecule has 0 N–H and O–H groups in total. The number of amides is 1. The third-order valence-electron chi connectivity index (χ3n) is 3.13. The van der Waals surface area contributed by atoms with E-state index in [0.717, 1.165) is 11.3 Å². The van der Waals surface area contributed by atoms with Crippen molar-refractivity contribution in [1.29, 1.82) is 0 Å². The molecule has 1 amide bonds. The zero-order chi connectivity index (χ0) is 14.7. The fourth-order valence-electron chi connectivity index (χ4n) is 2.10. The summed E-state index contributed by atoms with van der Waals surface area (Å²) < 4.78 is 14.5. The molecule has 0 atom stereocenters. The molecule has 4 heteroatoms. The minimum absolute atomic E-state index is 0.0736. The maximum atomic E-state index is 13.9. The third kappa shape index (κ3) is 2.90. The minimum atomic E-state index is -0.509. The van der Waals surface area contributed by atoms with Crippen molar-refractivity contribution in [1.82, 2.24) is 0 Å². The number of para-hydroxylation sites is 1. The van der Waals surface area contributed by atoms with Gasteiger partial charge >= 0.3 is 0 Å². The van der Waals surface area contributed by atoms with Gasteiger partial charge < -0.3 is 4.90 Å². The molecule has 2 nitrogen and oxygen atoms in total. The molecule has 2 rings (SSSR count). The van der Waals surface area contributed by atoms with E-state index in [4.69, 9.17) is 0 Å². The summed E-state index contributed by atoms with van der Waals surface area (Å²) in [5.74, 6) is -0.842. The van der Waals surface area contributed by atoms with Crippen molar-refractivity contribution in [2.45, 2.75) is 13.8 Å². The van der Waals surface area contributed by atoms with Crippen LogP contribution in [0.1, 0.15) is 22.8 Å². The highest BCUT2D eigenvalue weighted by molar-refractivity contribution is 9.10. The van der Waals surface area contributed by atoms with Gasteiger partial charge in [0.05, 0.1) is 5.56 Å². The fourth-order valence-corrected chi connectivity index (χ4v) is 2.46. The first-order valence-electron chi connectivity index (χ1n) is 6.37. The number of halogens is 2. The van der Waals surface area contributed by atoms with Gasteiger partial charge in [0, 0.05) is 16.7 Å². The Morgan fingerprint density at radius 3 is 2.60 bits per heavy atom. The van der Waals surface area contributed by atoms with E-state index in [1.54, 1.807) is 11.0 Å². The van der Waals surface area contributed by atoms with Gasteiger partial charge in [0.2, 0.25) is 0 Å². The number of rotatable bonds is 3. The summed E-state index contributed by atoms with van der Waals surface area (Å²) in [5, 5.41) is 0. The molecule has 0 unspecified atom stereocenters. The summed E-state index contributed by atoms with van der Waals surface area (Å²) in [6, 6.07) is 12.0. The van der Waals surface area contributed by atoms with Crippen LogP contribution in [0, 0.1) is 12.7 Å². The number of hydrogen-bond donors (Lipinski definition) is 0. The molecule has 0 saturated heterocycles. The van der Waals surface area contributed by atoms with Crippen molar-refractivity contribution >= 4 is 27.5 Å². The van der Waals surface area contributed by atoms with Crippen molar-refractivity contribution in [3.05, 3.63) is 63.9 Å². The van der Waals surface area contributed by atoms with Crippen molar-refractivity contribution < 1.29 is 9.18 Å². The molecule has 0 spiro atoms. The van der Waals surface area contributed by atoms with Crippen LogP contribution in [0.4, 0.5) is 10.1 Å². The second-order valence-corrected chi connectivity index (χ2v) is 5.38. The van der Waals surface area contributed by atoms with Crippen molar-refractivity contribution in [2.75, 3.05) is 11.4 Å². The predicted molar refractivity (Wildman–Crippen MR) is 82.6 cm³/mol. The van der Waals surface area contributed by atoms with Gasteiger partial charge in [-0.05, 0) is 43.7 Å². The van der Waals surface area contributed by atoms with Crippen LogP contribution >= 0.6 is 15.9 Å². The van der Waals surface area contributed by atoms with Crippen LogP contribution in [0.25, 0.3) is 0 Å². The molecule has 0 aromatic heterocycles. The maximum absolute atomic E-state index is 13.9. The molecule has 2 aromatic carbocycles. The van der Waals surface area contributed by atoms with Crippen molar-refractivity contribution in [3.63, 3.8) is 0 Å². The van der Waals surface area contributed by atoms with E-state index in [1.807, 2.05) is 38.1 Å². The lowest BCUT2D eigenvalue weighted by Crippen LogP contribution is -2.31. The Morgan fingerprint density at radius 1 is 1.25 bits per heavy atom. The van der Waals surface area contributed by atoms with E-state index >= 15 is 0 Å². The lowest BCUT2D eigenvalue weighted by Gasteiger charge is -2.23. The van der Waals surface area contributed by atoms with Crippen LogP contribution in [0.15, 0.2) is 46.9 Å². The molecular formula is C16H15BrFNO. The molecule has 0 aliphatic heterocycles. The van der Waals surface area contributed by atoms with Crippen LogP contribution < -0.4 is 4.90 Å². The standard InChI is InChI=1S/C16H15BrFNO/c1-3-19(15-7-5-4-6-11(15)2)16(20)13-10-12(17)8-9-14(13)18/h4-10H,3H2,1-2H3. The number of carbonyl (C=O) groups excluding carboxylic acids is 1. The Morgan fingerprint density at radius 2 is 1.95 bits per heavy atom. The Labute approximate surface area is 126 Å². The van der Waals surface area contributed by atoms with E-state index in [1.165, 1.54) is 12.1 Å². The molecule has 0 aliphatic rings. The molecule has 0 aliphatic carbocycles. The lowest BCUT2D eigenvalue weighted by atomic mass is 10.1. The fraction of sp³-hybridized carbons (Fsp3) is 0.188. The third-order valence-corrected chi connectivity index (χ3v) is 3.62. The van der Waals surface area contributed by atoms with E-state index in [0.29, 0.717) is 11.0 Å². The SMILES string of the molecule is CCN(C(=O)c1cc(Br)ccc1F)c1ccccc1C. The largest absolute Gasteiger partial charge is 0.308 e. The van der Waals surface area contributed by atoms with Gasteiger partial charge in [0.1, 0.15) is 5.82 Å². The van der Waals surface area contributed by atoms with Gasteiger partial charge in [-0.25, -0.2) is 4.39 Å². The second-order valence-electron chi connectivity index (χ2n) is 4.46. The summed E-state index contributed by atoms with van der Waals surface area (Å²) in [5.41, 5.74) is 1.86. The topological polar surface area (TPSA) is 20.3 Å². The molecule has 104 valence electrons. The highest BCUT2D eigenvalue weighted by atomic mass is 79.9. The van der Waals surface area contributed by atoms with Crippen LogP contribution in [0.2, 0.25) is 0 Å². The summed E-state index contributed by atoms with van der Waals surface area (Å²) in [6.45, 7) is 4.29. The highest BCUT2D eigenvalue weighted by Crippen LogP contribution is 2.23. The minimum Gasteiger partial charge on any atom is -0.308 e. The van der Waals surface area contributed by atoms with Gasteiger partial charge in [-0.2, -0.15) is 0 Å². The van der Waals surface area contributed by atoms with Gasteiger partial charge in [-0.3, -0.25) is 4.79 Å². The van der Waals surface area contributed by atoms with E-state index in [9.17, 15) is 9.18 Å². The molecule has 20 heavy (non-hydrogen) atoms.